The summed E-state index contributed by atoms with van der Waals surface area (Å²) in [5.74, 6) is -2.38. The zero-order chi connectivity index (χ0) is 33.9. The average Bonchev–Trinajstić information content (AvgIpc) is 3.32. The highest BCUT2D eigenvalue weighted by atomic mass is 16.8. The number of carbonyl (C=O) groups is 5. The fourth-order valence-corrected chi connectivity index (χ4v) is 3.96. The number of cyclic esters (lactones) is 2. The molecule has 2 rings (SSSR count). The molecule has 3 amide bonds. The van der Waals surface area contributed by atoms with Gasteiger partial charge in [-0.3, -0.25) is 15.4 Å². The number of hydrogen-bond acceptors (Lipinski definition) is 14. The van der Waals surface area contributed by atoms with Crippen LogP contribution in [0.25, 0.3) is 10.4 Å². The number of amides is 3. The third kappa shape index (κ3) is 12.4. The zero-order valence-electron chi connectivity index (χ0n) is 26.3. The Labute approximate surface area is 258 Å². The van der Waals surface area contributed by atoms with Crippen molar-refractivity contribution in [3.05, 3.63) is 22.3 Å². The van der Waals surface area contributed by atoms with Gasteiger partial charge in [0.25, 0.3) is 0 Å². The lowest BCUT2D eigenvalue weighted by Gasteiger charge is -2.40. The van der Waals surface area contributed by atoms with E-state index in [2.05, 4.69) is 31.0 Å². The monoisotopic (exact) mass is 641 g/mol. The topological polar surface area (TPSA) is 247 Å². The Hall–Kier alpha value is -4.77. The number of guanidine groups is 1. The van der Waals surface area contributed by atoms with E-state index in [1.54, 1.807) is 41.5 Å². The number of nitrogens with one attached hydrogen (secondary N) is 3. The van der Waals surface area contributed by atoms with Crippen LogP contribution in [0.5, 0.6) is 0 Å². The predicted molar refractivity (Wildman–Crippen MR) is 153 cm³/mol. The number of rotatable bonds is 9. The highest BCUT2D eigenvalue weighted by Crippen LogP contribution is 2.29. The molecule has 3 N–H and O–H groups in total. The van der Waals surface area contributed by atoms with Crippen LogP contribution in [0.2, 0.25) is 0 Å². The third-order valence-electron chi connectivity index (χ3n) is 5.45. The number of methoxy groups -OCH3 is 1. The molecule has 2 aliphatic heterocycles. The Balaban J connectivity index is 2.66. The molecule has 0 aromatic rings. The van der Waals surface area contributed by atoms with Gasteiger partial charge in [0.05, 0.1) is 25.8 Å². The maximum Gasteiger partial charge on any atom is 0.508 e. The van der Waals surface area contributed by atoms with Crippen molar-refractivity contribution < 1.29 is 57.1 Å². The lowest BCUT2D eigenvalue weighted by molar-refractivity contribution is -0.151. The molecule has 2 aliphatic rings. The number of alkyl carbamates (subject to hydrolysis) is 2. The Bertz CT molecular complexity index is 1200. The highest BCUT2D eigenvalue weighted by molar-refractivity contribution is 6.01. The number of nitrogens with zero attached hydrogens (tertiary/aromatic N) is 4. The number of ether oxygens (including phenoxy) is 7. The van der Waals surface area contributed by atoms with Crippen molar-refractivity contribution in [2.24, 2.45) is 10.1 Å². The number of hydrogen-bond donors (Lipinski definition) is 3. The molecule has 0 aromatic heterocycles. The fourth-order valence-electron chi connectivity index (χ4n) is 3.96. The van der Waals surface area contributed by atoms with Crippen LogP contribution in [-0.2, 0) is 42.7 Å². The molecule has 19 heteroatoms. The summed E-state index contributed by atoms with van der Waals surface area (Å²) in [5, 5.41) is 10.7. The Kier molecular flexibility index (Phi) is 12.8. The first-order valence-electron chi connectivity index (χ1n) is 13.7. The van der Waals surface area contributed by atoms with Crippen LogP contribution < -0.4 is 16.0 Å². The first kappa shape index (κ1) is 36.4. The molecule has 1 saturated heterocycles. The van der Waals surface area contributed by atoms with Crippen LogP contribution in [0.15, 0.2) is 21.9 Å². The SMILES string of the molecule is COC(=O)C1=C[C@H](N=C(NC(=O)OC(C)(C)C)NC(=O)OC(C)(C)C)[C@@H](NC(C)=O)[C@H]([C@H](OCCN=[N+]=[N-])[C@H]2COC(=O)O2)O1. The quantitative estimate of drug-likeness (QED) is 0.0478. The molecular formula is C26H39N7O12. The summed E-state index contributed by atoms with van der Waals surface area (Å²) >= 11 is 0. The molecule has 250 valence electrons. The summed E-state index contributed by atoms with van der Waals surface area (Å²) < 4.78 is 37.3. The highest BCUT2D eigenvalue weighted by Gasteiger charge is 2.48. The van der Waals surface area contributed by atoms with Gasteiger partial charge < -0.3 is 38.5 Å². The normalized spacial score (nSPS) is 21.6. The molecule has 19 nitrogen and oxygen atoms in total. The predicted octanol–water partition coefficient (Wildman–Crippen LogP) is 1.95. The van der Waals surface area contributed by atoms with Crippen molar-refractivity contribution in [3.63, 3.8) is 0 Å². The minimum absolute atomic E-state index is 0.128. The van der Waals surface area contributed by atoms with Crippen LogP contribution in [0.3, 0.4) is 0 Å². The maximum absolute atomic E-state index is 12.7. The van der Waals surface area contributed by atoms with Gasteiger partial charge in [0.1, 0.15) is 23.9 Å². The van der Waals surface area contributed by atoms with Gasteiger partial charge in [-0.2, -0.15) is 0 Å². The van der Waals surface area contributed by atoms with E-state index in [1.165, 1.54) is 13.0 Å². The molecule has 0 aliphatic carbocycles. The van der Waals surface area contributed by atoms with E-state index in [1.807, 2.05) is 0 Å². The van der Waals surface area contributed by atoms with Crippen molar-refractivity contribution in [2.45, 2.75) is 90.1 Å². The molecule has 45 heavy (non-hydrogen) atoms. The lowest BCUT2D eigenvalue weighted by atomic mass is 9.92. The van der Waals surface area contributed by atoms with Gasteiger partial charge in [-0.25, -0.2) is 24.2 Å². The summed E-state index contributed by atoms with van der Waals surface area (Å²) in [6.07, 6.45) is -5.49. The van der Waals surface area contributed by atoms with Gasteiger partial charge in [-0.1, -0.05) is 5.11 Å². The number of aliphatic imine (C=N–C) groups is 1. The van der Waals surface area contributed by atoms with E-state index in [0.29, 0.717) is 0 Å². The minimum Gasteiger partial charge on any atom is -0.478 e. The van der Waals surface area contributed by atoms with Gasteiger partial charge in [-0.15, -0.1) is 0 Å². The van der Waals surface area contributed by atoms with Crippen molar-refractivity contribution >= 4 is 36.2 Å². The van der Waals surface area contributed by atoms with Gasteiger partial charge in [0.15, 0.2) is 12.2 Å². The van der Waals surface area contributed by atoms with Crippen LogP contribution in [0.1, 0.15) is 48.5 Å². The van der Waals surface area contributed by atoms with E-state index in [4.69, 9.17) is 38.7 Å². The van der Waals surface area contributed by atoms with Crippen molar-refractivity contribution in [1.82, 2.24) is 16.0 Å². The van der Waals surface area contributed by atoms with Crippen molar-refractivity contribution in [1.29, 1.82) is 0 Å². The standard InChI is InChI=1S/C26H39N7O12/c1-13(34)29-17-14(30-21(31-22(36)44-25(2,3)4)32-23(37)45-26(5,6)7)11-15(20(35)39-8)42-19(17)18(40-10-9-28-33-27)16-12-41-24(38)43-16/h11,14,16-19H,9-10,12H2,1-8H3,(H,29,34)(H2,30,31,32,36,37)/t14-,16+,17+,18+,19+/m0/s1. The third-order valence-corrected chi connectivity index (χ3v) is 5.45. The van der Waals surface area contributed by atoms with E-state index < -0.39 is 77.8 Å². The average molecular weight is 642 g/mol. The number of esters is 1. The van der Waals surface area contributed by atoms with Crippen molar-refractivity contribution in [3.8, 4) is 0 Å². The van der Waals surface area contributed by atoms with Crippen LogP contribution >= 0.6 is 0 Å². The summed E-state index contributed by atoms with van der Waals surface area (Å²) in [5.41, 5.74) is 6.79. The first-order valence-corrected chi connectivity index (χ1v) is 13.7. The molecule has 0 aromatic carbocycles. The number of carbonyl (C=O) groups excluding carboxylic acids is 5. The fraction of sp³-hybridized carbons (Fsp3) is 0.692. The molecule has 1 fully saturated rings. The molecule has 0 unspecified atom stereocenters. The van der Waals surface area contributed by atoms with Gasteiger partial charge in [0.2, 0.25) is 17.6 Å². The lowest BCUT2D eigenvalue weighted by Crippen LogP contribution is -2.60. The Morgan fingerprint density at radius 2 is 1.67 bits per heavy atom. The molecule has 0 radical (unpaired) electrons. The summed E-state index contributed by atoms with van der Waals surface area (Å²) in [6, 6.07) is -2.47. The minimum atomic E-state index is -1.34. The van der Waals surface area contributed by atoms with Crippen LogP contribution in [0, 0.1) is 0 Å². The van der Waals surface area contributed by atoms with E-state index in [9.17, 15) is 24.0 Å². The molecule has 5 atom stereocenters. The van der Waals surface area contributed by atoms with Crippen molar-refractivity contribution in [2.75, 3.05) is 26.9 Å². The Morgan fingerprint density at radius 1 is 1.07 bits per heavy atom. The van der Waals surface area contributed by atoms with Crippen LogP contribution in [-0.4, -0.2) is 105 Å². The second kappa shape index (κ2) is 15.8. The zero-order valence-corrected chi connectivity index (χ0v) is 26.3. The molecule has 0 bridgehead atoms. The first-order chi connectivity index (χ1) is 20.9. The largest absolute Gasteiger partial charge is 0.508 e. The Morgan fingerprint density at radius 3 is 2.13 bits per heavy atom. The van der Waals surface area contributed by atoms with Gasteiger partial charge >= 0.3 is 24.3 Å². The van der Waals surface area contributed by atoms with Gasteiger partial charge in [0, 0.05) is 18.4 Å². The summed E-state index contributed by atoms with van der Waals surface area (Å²) in [7, 11) is 1.10. The van der Waals surface area contributed by atoms with E-state index in [-0.39, 0.29) is 25.5 Å². The number of azide groups is 1. The molecular weight excluding hydrogens is 602 g/mol. The molecule has 0 spiro atoms. The summed E-state index contributed by atoms with van der Waals surface area (Å²) in [4.78, 5) is 69.4. The second-order valence-corrected chi connectivity index (χ2v) is 11.6. The maximum atomic E-state index is 12.7. The summed E-state index contributed by atoms with van der Waals surface area (Å²) in [6.45, 7) is 10.3. The van der Waals surface area contributed by atoms with Crippen LogP contribution in [0.4, 0.5) is 14.4 Å². The molecule has 2 heterocycles. The smallest absolute Gasteiger partial charge is 0.478 e. The molecule has 0 saturated carbocycles. The van der Waals surface area contributed by atoms with E-state index >= 15 is 0 Å². The van der Waals surface area contributed by atoms with Gasteiger partial charge in [-0.05, 0) is 53.1 Å². The second-order valence-electron chi connectivity index (χ2n) is 11.6. The van der Waals surface area contributed by atoms with E-state index in [0.717, 1.165) is 7.11 Å².